The highest BCUT2D eigenvalue weighted by molar-refractivity contribution is 5.71. The van der Waals surface area contributed by atoms with Gasteiger partial charge in [-0.15, -0.1) is 0 Å². The molecule has 0 fully saturated rings. The summed E-state index contributed by atoms with van der Waals surface area (Å²) in [6.07, 6.45) is 78.5. The molecule has 0 amide bonds. The fourth-order valence-corrected chi connectivity index (χ4v) is 11.3. The Labute approximate surface area is 482 Å². The number of rotatable bonds is 67. The van der Waals surface area contributed by atoms with Crippen molar-refractivity contribution >= 4 is 17.9 Å². The maximum atomic E-state index is 12.9. The van der Waals surface area contributed by atoms with Crippen LogP contribution in [0.25, 0.3) is 0 Å². The summed E-state index contributed by atoms with van der Waals surface area (Å²) in [6, 6.07) is 0. The molecule has 0 heterocycles. The van der Waals surface area contributed by atoms with Gasteiger partial charge in [-0.25, -0.2) is 0 Å². The molecule has 0 aliphatic heterocycles. The summed E-state index contributed by atoms with van der Waals surface area (Å²) in [5, 5.41) is 0. The highest BCUT2D eigenvalue weighted by Crippen LogP contribution is 2.19. The van der Waals surface area contributed by atoms with E-state index in [-0.39, 0.29) is 31.1 Å². The van der Waals surface area contributed by atoms with Gasteiger partial charge in [0.2, 0.25) is 0 Å². The van der Waals surface area contributed by atoms with Gasteiger partial charge in [-0.1, -0.05) is 380 Å². The molecule has 0 saturated carbocycles. The normalized spacial score (nSPS) is 11.9. The minimum absolute atomic E-state index is 0.0603. The van der Waals surface area contributed by atoms with Crippen molar-refractivity contribution in [2.75, 3.05) is 13.2 Å². The molecule has 0 aliphatic carbocycles. The lowest BCUT2D eigenvalue weighted by Gasteiger charge is -2.18. The molecular formula is C71H138O6. The number of carbonyl (C=O) groups excluding carboxylic acids is 3. The number of ether oxygens (including phenoxy) is 3. The molecule has 0 rings (SSSR count). The highest BCUT2D eigenvalue weighted by atomic mass is 16.6. The molecule has 0 aromatic carbocycles. The molecule has 458 valence electrons. The zero-order chi connectivity index (χ0) is 55.7. The van der Waals surface area contributed by atoms with Crippen LogP contribution in [-0.2, 0) is 28.6 Å². The Morgan fingerprint density at radius 3 is 0.519 bits per heavy atom. The molecular weight excluding hydrogens is 949 g/mol. The van der Waals surface area contributed by atoms with Gasteiger partial charge in [-0.3, -0.25) is 14.4 Å². The zero-order valence-electron chi connectivity index (χ0n) is 52.8. The molecule has 0 aromatic heterocycles. The van der Waals surface area contributed by atoms with E-state index in [1.54, 1.807) is 0 Å². The van der Waals surface area contributed by atoms with Crippen LogP contribution in [0.3, 0.4) is 0 Å². The molecule has 0 spiro atoms. The standard InChI is InChI=1S/C71H138O6/c1-4-7-10-13-16-19-22-25-27-29-31-33-35-37-38-40-42-44-46-49-52-55-58-61-64-70(73)76-67-68(66-75-69(72)63-60-57-54-51-48-24-21-18-15-12-9-6-3)77-71(74)65-62-59-56-53-50-47-45-43-41-39-36-34-32-30-28-26-23-20-17-14-11-8-5-2/h68H,4-67H2,1-3H3. The van der Waals surface area contributed by atoms with Crippen molar-refractivity contribution in [2.45, 2.75) is 425 Å². The molecule has 0 N–H and O–H groups in total. The summed E-state index contributed by atoms with van der Waals surface area (Å²) < 4.78 is 17.0. The lowest BCUT2D eigenvalue weighted by Crippen LogP contribution is -2.30. The molecule has 1 unspecified atom stereocenters. The number of esters is 3. The van der Waals surface area contributed by atoms with Gasteiger partial charge < -0.3 is 14.2 Å². The minimum atomic E-state index is -0.763. The van der Waals surface area contributed by atoms with Crippen LogP contribution < -0.4 is 0 Å². The lowest BCUT2D eigenvalue weighted by molar-refractivity contribution is -0.167. The predicted molar refractivity (Wildman–Crippen MR) is 335 cm³/mol. The summed E-state index contributed by atoms with van der Waals surface area (Å²) in [5.41, 5.74) is 0. The molecule has 6 heteroatoms. The van der Waals surface area contributed by atoms with Crippen LogP contribution in [0.15, 0.2) is 0 Å². The van der Waals surface area contributed by atoms with Gasteiger partial charge in [-0.2, -0.15) is 0 Å². The van der Waals surface area contributed by atoms with Crippen LogP contribution in [-0.4, -0.2) is 37.2 Å². The third-order valence-electron chi connectivity index (χ3n) is 16.6. The van der Waals surface area contributed by atoms with Crippen molar-refractivity contribution in [3.05, 3.63) is 0 Å². The molecule has 0 radical (unpaired) electrons. The smallest absolute Gasteiger partial charge is 0.306 e. The monoisotopic (exact) mass is 1090 g/mol. The second kappa shape index (κ2) is 66.9. The number of carbonyl (C=O) groups is 3. The van der Waals surface area contributed by atoms with Crippen molar-refractivity contribution in [3.63, 3.8) is 0 Å². The van der Waals surface area contributed by atoms with Crippen molar-refractivity contribution in [1.82, 2.24) is 0 Å². The molecule has 77 heavy (non-hydrogen) atoms. The summed E-state index contributed by atoms with van der Waals surface area (Å²) in [7, 11) is 0. The Bertz CT molecular complexity index is 1160. The number of unbranched alkanes of at least 4 members (excludes halogenated alkanes) is 56. The fourth-order valence-electron chi connectivity index (χ4n) is 11.3. The van der Waals surface area contributed by atoms with E-state index in [0.29, 0.717) is 19.3 Å². The second-order valence-corrected chi connectivity index (χ2v) is 24.5. The number of hydrogen-bond donors (Lipinski definition) is 0. The van der Waals surface area contributed by atoms with Gasteiger partial charge in [0.05, 0.1) is 0 Å². The highest BCUT2D eigenvalue weighted by Gasteiger charge is 2.19. The van der Waals surface area contributed by atoms with Gasteiger partial charge in [-0.05, 0) is 19.3 Å². The quantitative estimate of drug-likeness (QED) is 0.0343. The first-order valence-corrected chi connectivity index (χ1v) is 35.5. The van der Waals surface area contributed by atoms with Crippen molar-refractivity contribution < 1.29 is 28.6 Å². The minimum Gasteiger partial charge on any atom is -0.462 e. The lowest BCUT2D eigenvalue weighted by atomic mass is 10.0. The van der Waals surface area contributed by atoms with Crippen LogP contribution in [0.5, 0.6) is 0 Å². The van der Waals surface area contributed by atoms with Crippen LogP contribution in [0, 0.1) is 0 Å². The first-order valence-electron chi connectivity index (χ1n) is 35.5. The van der Waals surface area contributed by atoms with Crippen LogP contribution >= 0.6 is 0 Å². The topological polar surface area (TPSA) is 78.9 Å². The Balaban J connectivity index is 4.17. The van der Waals surface area contributed by atoms with E-state index in [1.807, 2.05) is 0 Å². The summed E-state index contributed by atoms with van der Waals surface area (Å²) in [6.45, 7) is 6.74. The van der Waals surface area contributed by atoms with E-state index >= 15 is 0 Å². The summed E-state index contributed by atoms with van der Waals surface area (Å²) >= 11 is 0. The van der Waals surface area contributed by atoms with E-state index in [1.165, 1.54) is 321 Å². The van der Waals surface area contributed by atoms with E-state index in [4.69, 9.17) is 14.2 Å². The van der Waals surface area contributed by atoms with Gasteiger partial charge in [0.1, 0.15) is 13.2 Å². The Morgan fingerprint density at radius 1 is 0.208 bits per heavy atom. The predicted octanol–water partition coefficient (Wildman–Crippen LogP) is 24.2. The number of hydrogen-bond acceptors (Lipinski definition) is 6. The van der Waals surface area contributed by atoms with Crippen molar-refractivity contribution in [2.24, 2.45) is 0 Å². The second-order valence-electron chi connectivity index (χ2n) is 24.5. The zero-order valence-corrected chi connectivity index (χ0v) is 52.8. The van der Waals surface area contributed by atoms with Crippen LogP contribution in [0.4, 0.5) is 0 Å². The average molecular weight is 1090 g/mol. The maximum Gasteiger partial charge on any atom is 0.306 e. The molecule has 0 aliphatic rings. The van der Waals surface area contributed by atoms with E-state index < -0.39 is 6.10 Å². The summed E-state index contributed by atoms with van der Waals surface area (Å²) in [4.78, 5) is 38.4. The van der Waals surface area contributed by atoms with Crippen molar-refractivity contribution in [1.29, 1.82) is 0 Å². The first kappa shape index (κ1) is 75.4. The molecule has 0 saturated heterocycles. The Kier molecular flexibility index (Phi) is 65.5. The van der Waals surface area contributed by atoms with Crippen LogP contribution in [0.2, 0.25) is 0 Å². The largest absolute Gasteiger partial charge is 0.462 e. The first-order chi connectivity index (χ1) is 38.0. The molecule has 6 nitrogen and oxygen atoms in total. The van der Waals surface area contributed by atoms with Crippen LogP contribution in [0.1, 0.15) is 419 Å². The average Bonchev–Trinajstić information content (AvgIpc) is 3.43. The van der Waals surface area contributed by atoms with Gasteiger partial charge in [0, 0.05) is 19.3 Å². The third-order valence-corrected chi connectivity index (χ3v) is 16.6. The maximum absolute atomic E-state index is 12.9. The fraction of sp³-hybridized carbons (Fsp3) is 0.958. The SMILES string of the molecule is CCCCCCCCCCCCCCCCCCCCCCCCCCC(=O)OCC(COC(=O)CCCCCCCCCCCCCC)OC(=O)CCCCCCCCCCCCCCCCCCCCCCCCC. The van der Waals surface area contributed by atoms with Crippen molar-refractivity contribution in [3.8, 4) is 0 Å². The van der Waals surface area contributed by atoms with Gasteiger partial charge in [0.15, 0.2) is 6.10 Å². The summed E-state index contributed by atoms with van der Waals surface area (Å²) in [5.74, 6) is -0.821. The van der Waals surface area contributed by atoms with E-state index in [9.17, 15) is 14.4 Å². The van der Waals surface area contributed by atoms with Gasteiger partial charge >= 0.3 is 17.9 Å². The van der Waals surface area contributed by atoms with E-state index in [0.717, 1.165) is 57.8 Å². The third kappa shape index (κ3) is 65.1. The molecule has 0 aromatic rings. The Hall–Kier alpha value is -1.59. The molecule has 0 bridgehead atoms. The van der Waals surface area contributed by atoms with E-state index in [2.05, 4.69) is 20.8 Å². The van der Waals surface area contributed by atoms with Gasteiger partial charge in [0.25, 0.3) is 0 Å². The Morgan fingerprint density at radius 2 is 0.351 bits per heavy atom. The molecule has 1 atom stereocenters.